The standard InChI is InChI=1S/C10H15N3O/c1-14-10-11-6-5-9(12-10)13-7-3-2-4-8-13/h5-6H,2-4,7-8H2,1H3. The molecule has 1 saturated heterocycles. The quantitative estimate of drug-likeness (QED) is 0.713. The highest BCUT2D eigenvalue weighted by molar-refractivity contribution is 5.38. The van der Waals surface area contributed by atoms with Gasteiger partial charge in [0.05, 0.1) is 7.11 Å². The smallest absolute Gasteiger partial charge is 0.318 e. The lowest BCUT2D eigenvalue weighted by Crippen LogP contribution is -2.30. The third-order valence-electron chi connectivity index (χ3n) is 2.48. The summed E-state index contributed by atoms with van der Waals surface area (Å²) in [7, 11) is 1.59. The minimum absolute atomic E-state index is 0.452. The van der Waals surface area contributed by atoms with Crippen LogP contribution in [-0.2, 0) is 0 Å². The molecule has 76 valence electrons. The summed E-state index contributed by atoms with van der Waals surface area (Å²) in [5, 5.41) is 0. The molecule has 4 nitrogen and oxygen atoms in total. The molecule has 1 aliphatic heterocycles. The van der Waals surface area contributed by atoms with Gasteiger partial charge in [0.15, 0.2) is 0 Å². The first-order valence-electron chi connectivity index (χ1n) is 5.02. The molecule has 2 heterocycles. The second-order valence-electron chi connectivity index (χ2n) is 3.45. The fraction of sp³-hybridized carbons (Fsp3) is 0.600. The average Bonchev–Trinajstić information content (AvgIpc) is 2.30. The number of hydrogen-bond acceptors (Lipinski definition) is 4. The summed E-state index contributed by atoms with van der Waals surface area (Å²) in [4.78, 5) is 10.6. The van der Waals surface area contributed by atoms with E-state index in [-0.39, 0.29) is 0 Å². The van der Waals surface area contributed by atoms with E-state index in [1.165, 1.54) is 19.3 Å². The van der Waals surface area contributed by atoms with Crippen LogP contribution < -0.4 is 9.64 Å². The lowest BCUT2D eigenvalue weighted by atomic mass is 10.1. The molecule has 0 amide bonds. The van der Waals surface area contributed by atoms with Gasteiger partial charge in [0.2, 0.25) is 0 Å². The molecule has 14 heavy (non-hydrogen) atoms. The number of aromatic nitrogens is 2. The molecule has 0 aliphatic carbocycles. The number of methoxy groups -OCH3 is 1. The van der Waals surface area contributed by atoms with E-state index in [0.717, 1.165) is 18.9 Å². The summed E-state index contributed by atoms with van der Waals surface area (Å²) in [6.45, 7) is 2.19. The van der Waals surface area contributed by atoms with Crippen molar-refractivity contribution in [1.29, 1.82) is 0 Å². The second kappa shape index (κ2) is 4.26. The van der Waals surface area contributed by atoms with Crippen molar-refractivity contribution in [1.82, 2.24) is 9.97 Å². The Hall–Kier alpha value is -1.32. The molecule has 0 unspecified atom stereocenters. The van der Waals surface area contributed by atoms with E-state index in [4.69, 9.17) is 4.74 Å². The first-order valence-corrected chi connectivity index (χ1v) is 5.02. The molecule has 1 aliphatic rings. The predicted molar refractivity (Wildman–Crippen MR) is 54.6 cm³/mol. The zero-order valence-corrected chi connectivity index (χ0v) is 8.44. The maximum absolute atomic E-state index is 5.00. The zero-order valence-electron chi connectivity index (χ0n) is 8.44. The van der Waals surface area contributed by atoms with Crippen molar-refractivity contribution >= 4 is 5.82 Å². The van der Waals surface area contributed by atoms with Crippen LogP contribution in [0.3, 0.4) is 0 Å². The van der Waals surface area contributed by atoms with E-state index in [1.54, 1.807) is 13.3 Å². The van der Waals surface area contributed by atoms with Gasteiger partial charge in [-0.3, -0.25) is 0 Å². The van der Waals surface area contributed by atoms with Crippen molar-refractivity contribution in [3.05, 3.63) is 12.3 Å². The monoisotopic (exact) mass is 193 g/mol. The van der Waals surface area contributed by atoms with Crippen molar-refractivity contribution in [2.75, 3.05) is 25.1 Å². The van der Waals surface area contributed by atoms with E-state index >= 15 is 0 Å². The van der Waals surface area contributed by atoms with Crippen molar-refractivity contribution in [2.24, 2.45) is 0 Å². The summed E-state index contributed by atoms with van der Waals surface area (Å²) < 4.78 is 5.00. The van der Waals surface area contributed by atoms with Crippen molar-refractivity contribution in [3.8, 4) is 6.01 Å². The topological polar surface area (TPSA) is 38.2 Å². The summed E-state index contributed by atoms with van der Waals surface area (Å²) >= 11 is 0. The van der Waals surface area contributed by atoms with E-state index in [9.17, 15) is 0 Å². The maximum Gasteiger partial charge on any atom is 0.318 e. The normalized spacial score (nSPS) is 16.8. The minimum atomic E-state index is 0.452. The average molecular weight is 193 g/mol. The molecule has 0 aromatic carbocycles. The van der Waals surface area contributed by atoms with E-state index in [2.05, 4.69) is 14.9 Å². The Morgan fingerprint density at radius 3 is 2.79 bits per heavy atom. The van der Waals surface area contributed by atoms with Crippen LogP contribution in [-0.4, -0.2) is 30.2 Å². The second-order valence-corrected chi connectivity index (χ2v) is 3.45. The van der Waals surface area contributed by atoms with Crippen LogP contribution in [0.1, 0.15) is 19.3 Å². The van der Waals surface area contributed by atoms with Gasteiger partial charge >= 0.3 is 6.01 Å². The van der Waals surface area contributed by atoms with E-state index in [1.807, 2.05) is 6.07 Å². The first kappa shape index (κ1) is 9.24. The minimum Gasteiger partial charge on any atom is -0.467 e. The number of hydrogen-bond donors (Lipinski definition) is 0. The Morgan fingerprint density at radius 2 is 2.07 bits per heavy atom. The van der Waals surface area contributed by atoms with Gasteiger partial charge in [-0.25, -0.2) is 4.98 Å². The molecule has 2 rings (SSSR count). The molecule has 0 radical (unpaired) electrons. The summed E-state index contributed by atoms with van der Waals surface area (Å²) in [6, 6.07) is 2.39. The summed E-state index contributed by atoms with van der Waals surface area (Å²) in [6.07, 6.45) is 5.59. The highest BCUT2D eigenvalue weighted by Gasteiger charge is 2.12. The maximum atomic E-state index is 5.00. The first-order chi connectivity index (χ1) is 6.90. The highest BCUT2D eigenvalue weighted by Crippen LogP contribution is 2.18. The molecule has 0 atom stereocenters. The molecule has 0 spiro atoms. The van der Waals surface area contributed by atoms with Crippen LogP contribution in [0, 0.1) is 0 Å². The van der Waals surface area contributed by atoms with Gasteiger partial charge in [0, 0.05) is 19.3 Å². The molecule has 1 aromatic heterocycles. The largest absolute Gasteiger partial charge is 0.467 e. The Balaban J connectivity index is 2.13. The van der Waals surface area contributed by atoms with Crippen molar-refractivity contribution in [2.45, 2.75) is 19.3 Å². The van der Waals surface area contributed by atoms with Crippen molar-refractivity contribution in [3.63, 3.8) is 0 Å². The fourth-order valence-corrected chi connectivity index (χ4v) is 1.73. The van der Waals surface area contributed by atoms with Crippen LogP contribution in [0.15, 0.2) is 12.3 Å². The molecule has 1 aromatic rings. The fourth-order valence-electron chi connectivity index (χ4n) is 1.73. The van der Waals surface area contributed by atoms with Crippen LogP contribution in [0.5, 0.6) is 6.01 Å². The molecule has 0 saturated carbocycles. The third-order valence-corrected chi connectivity index (χ3v) is 2.48. The number of ether oxygens (including phenoxy) is 1. The Kier molecular flexibility index (Phi) is 2.81. The number of nitrogens with zero attached hydrogens (tertiary/aromatic N) is 3. The van der Waals surface area contributed by atoms with Crippen molar-refractivity contribution < 1.29 is 4.74 Å². The number of rotatable bonds is 2. The molecule has 0 N–H and O–H groups in total. The number of piperidine rings is 1. The Labute approximate surface area is 83.9 Å². The van der Waals surface area contributed by atoms with E-state index < -0.39 is 0 Å². The van der Waals surface area contributed by atoms with Crippen LogP contribution in [0.25, 0.3) is 0 Å². The Bertz CT molecular complexity index is 297. The molecule has 4 heteroatoms. The van der Waals surface area contributed by atoms with Crippen LogP contribution >= 0.6 is 0 Å². The lowest BCUT2D eigenvalue weighted by Gasteiger charge is -2.27. The van der Waals surface area contributed by atoms with Gasteiger partial charge in [-0.05, 0) is 25.3 Å². The van der Waals surface area contributed by atoms with E-state index in [0.29, 0.717) is 6.01 Å². The van der Waals surface area contributed by atoms with Crippen LogP contribution in [0.4, 0.5) is 5.82 Å². The van der Waals surface area contributed by atoms with Gasteiger partial charge in [0.25, 0.3) is 0 Å². The Morgan fingerprint density at radius 1 is 1.29 bits per heavy atom. The number of anilines is 1. The molecule has 0 bridgehead atoms. The van der Waals surface area contributed by atoms with Crippen LogP contribution in [0.2, 0.25) is 0 Å². The van der Waals surface area contributed by atoms with Gasteiger partial charge in [0.1, 0.15) is 5.82 Å². The van der Waals surface area contributed by atoms with Gasteiger partial charge in [-0.2, -0.15) is 4.98 Å². The third kappa shape index (κ3) is 1.95. The highest BCUT2D eigenvalue weighted by atomic mass is 16.5. The molecular weight excluding hydrogens is 178 g/mol. The van der Waals surface area contributed by atoms with Gasteiger partial charge in [-0.1, -0.05) is 0 Å². The van der Waals surface area contributed by atoms with Gasteiger partial charge < -0.3 is 9.64 Å². The predicted octanol–water partition coefficient (Wildman–Crippen LogP) is 1.48. The van der Waals surface area contributed by atoms with Gasteiger partial charge in [-0.15, -0.1) is 0 Å². The molecular formula is C10H15N3O. The lowest BCUT2D eigenvalue weighted by molar-refractivity contribution is 0.379. The zero-order chi connectivity index (χ0) is 9.80. The summed E-state index contributed by atoms with van der Waals surface area (Å²) in [5.74, 6) is 0.983. The summed E-state index contributed by atoms with van der Waals surface area (Å²) in [5.41, 5.74) is 0. The SMILES string of the molecule is COc1nccc(N2CCCCC2)n1. The molecule has 1 fully saturated rings.